The number of hydrazone groups is 1. The maximum absolute atomic E-state index is 12.6. The summed E-state index contributed by atoms with van der Waals surface area (Å²) in [6.07, 6.45) is 1.48. The number of hydrogen-bond acceptors (Lipinski definition) is 8. The van der Waals surface area contributed by atoms with Crippen molar-refractivity contribution in [3.63, 3.8) is 0 Å². The zero-order chi connectivity index (χ0) is 26.1. The number of hydrogen-bond donors (Lipinski definition) is 3. The first-order chi connectivity index (χ1) is 17.4. The molecule has 0 saturated carbocycles. The summed E-state index contributed by atoms with van der Waals surface area (Å²) in [5, 5.41) is 10.4. The molecular weight excluding hydrogens is 484 g/mol. The number of nitrogens with one attached hydrogen (secondary N) is 3. The van der Waals surface area contributed by atoms with Crippen LogP contribution in [0.25, 0.3) is 0 Å². The lowest BCUT2D eigenvalue weighted by Crippen LogP contribution is -2.45. The second-order valence-corrected chi connectivity index (χ2v) is 7.93. The Morgan fingerprint density at radius 3 is 2.58 bits per heavy atom. The SMILES string of the molecule is CCOC(=O)C1=C(C)NC(=S)N[C@H]1c1ccccc1OCC(=O)NN=Cc1ccc(OC)c(OC)c1. The molecule has 0 fully saturated rings. The Morgan fingerprint density at radius 1 is 1.11 bits per heavy atom. The van der Waals surface area contributed by atoms with Crippen molar-refractivity contribution in [2.45, 2.75) is 19.9 Å². The van der Waals surface area contributed by atoms with Gasteiger partial charge in [-0.3, -0.25) is 4.79 Å². The van der Waals surface area contributed by atoms with Crippen LogP contribution in [-0.2, 0) is 14.3 Å². The second-order valence-electron chi connectivity index (χ2n) is 7.52. The Bertz CT molecular complexity index is 1200. The van der Waals surface area contributed by atoms with Crippen LogP contribution in [0.2, 0.25) is 0 Å². The number of methoxy groups -OCH3 is 2. The van der Waals surface area contributed by atoms with E-state index in [0.717, 1.165) is 0 Å². The molecule has 1 aliphatic heterocycles. The van der Waals surface area contributed by atoms with Crippen LogP contribution in [0.4, 0.5) is 0 Å². The lowest BCUT2D eigenvalue weighted by Gasteiger charge is -2.30. The van der Waals surface area contributed by atoms with Crippen LogP contribution in [0, 0.1) is 0 Å². The van der Waals surface area contributed by atoms with E-state index >= 15 is 0 Å². The Morgan fingerprint density at radius 2 is 1.86 bits per heavy atom. The topological polar surface area (TPSA) is 120 Å². The molecule has 190 valence electrons. The predicted molar refractivity (Wildman–Crippen MR) is 138 cm³/mol. The Kier molecular flexibility index (Phi) is 9.23. The number of para-hydroxylation sites is 1. The number of allylic oxidation sites excluding steroid dienone is 1. The van der Waals surface area contributed by atoms with Crippen LogP contribution in [0.15, 0.2) is 58.8 Å². The van der Waals surface area contributed by atoms with Crippen LogP contribution < -0.4 is 30.3 Å². The smallest absolute Gasteiger partial charge is 0.338 e. The number of benzene rings is 2. The highest BCUT2D eigenvalue weighted by Gasteiger charge is 2.32. The molecule has 0 aliphatic carbocycles. The summed E-state index contributed by atoms with van der Waals surface area (Å²) in [5.74, 6) is 0.608. The number of carbonyl (C=O) groups is 2. The number of carbonyl (C=O) groups excluding carboxylic acids is 2. The van der Waals surface area contributed by atoms with Crippen molar-refractivity contribution in [2.75, 3.05) is 27.4 Å². The van der Waals surface area contributed by atoms with E-state index in [-0.39, 0.29) is 13.2 Å². The molecular formula is C25H28N4O6S. The highest BCUT2D eigenvalue weighted by atomic mass is 32.1. The molecule has 3 rings (SSSR count). The number of ether oxygens (including phenoxy) is 4. The summed E-state index contributed by atoms with van der Waals surface area (Å²) in [6.45, 7) is 3.42. The molecule has 2 aromatic rings. The lowest BCUT2D eigenvalue weighted by molar-refractivity contribution is -0.139. The fourth-order valence-electron chi connectivity index (χ4n) is 3.54. The van der Waals surface area contributed by atoms with Crippen LogP contribution in [0.3, 0.4) is 0 Å². The van der Waals surface area contributed by atoms with Gasteiger partial charge in [-0.25, -0.2) is 10.2 Å². The normalized spacial score (nSPS) is 15.1. The summed E-state index contributed by atoms with van der Waals surface area (Å²) in [6, 6.07) is 11.7. The molecule has 11 heteroatoms. The molecule has 1 aliphatic rings. The molecule has 0 unspecified atom stereocenters. The van der Waals surface area contributed by atoms with Gasteiger partial charge in [0.15, 0.2) is 23.2 Å². The van der Waals surface area contributed by atoms with Gasteiger partial charge in [0.1, 0.15) is 5.75 Å². The van der Waals surface area contributed by atoms with Gasteiger partial charge >= 0.3 is 5.97 Å². The van der Waals surface area contributed by atoms with E-state index in [9.17, 15) is 9.59 Å². The maximum Gasteiger partial charge on any atom is 0.338 e. The van der Waals surface area contributed by atoms with Crippen molar-refractivity contribution in [3.05, 3.63) is 64.9 Å². The highest BCUT2D eigenvalue weighted by molar-refractivity contribution is 7.80. The Hall–Kier alpha value is -4.12. The van der Waals surface area contributed by atoms with E-state index in [0.29, 0.717) is 44.8 Å². The van der Waals surface area contributed by atoms with Crippen molar-refractivity contribution < 1.29 is 28.5 Å². The number of rotatable bonds is 10. The minimum Gasteiger partial charge on any atom is -0.493 e. The van der Waals surface area contributed by atoms with Gasteiger partial charge in [0.2, 0.25) is 0 Å². The van der Waals surface area contributed by atoms with Gasteiger partial charge in [-0.1, -0.05) is 18.2 Å². The van der Waals surface area contributed by atoms with Gasteiger partial charge in [-0.2, -0.15) is 5.10 Å². The summed E-state index contributed by atoms with van der Waals surface area (Å²) in [4.78, 5) is 25.0. The summed E-state index contributed by atoms with van der Waals surface area (Å²) < 4.78 is 21.5. The number of amides is 1. The van der Waals surface area contributed by atoms with Gasteiger partial charge in [-0.05, 0) is 55.9 Å². The van der Waals surface area contributed by atoms with E-state index in [2.05, 4.69) is 21.2 Å². The van der Waals surface area contributed by atoms with Gasteiger partial charge in [0.25, 0.3) is 5.91 Å². The zero-order valence-corrected chi connectivity index (χ0v) is 21.2. The molecule has 1 amide bonds. The third kappa shape index (κ3) is 6.51. The summed E-state index contributed by atoms with van der Waals surface area (Å²) >= 11 is 5.29. The molecule has 1 atom stereocenters. The van der Waals surface area contributed by atoms with Crippen molar-refractivity contribution in [1.29, 1.82) is 0 Å². The fourth-order valence-corrected chi connectivity index (χ4v) is 3.82. The van der Waals surface area contributed by atoms with Crippen molar-refractivity contribution in [3.8, 4) is 17.2 Å². The standard InChI is InChI=1S/C25H28N4O6S/c1-5-34-24(31)22-15(2)27-25(36)28-23(22)17-8-6-7-9-18(17)35-14-21(30)29-26-13-16-10-11-19(32-3)20(12-16)33-4/h6-13,23H,5,14H2,1-4H3,(H,29,30)(H2,27,28,36)/t23-/m0/s1. The number of esters is 1. The molecule has 10 nitrogen and oxygen atoms in total. The molecule has 0 saturated heterocycles. The average Bonchev–Trinajstić information content (AvgIpc) is 2.87. The third-order valence-corrected chi connectivity index (χ3v) is 5.38. The third-order valence-electron chi connectivity index (χ3n) is 5.16. The highest BCUT2D eigenvalue weighted by Crippen LogP contribution is 2.33. The number of thiocarbonyl (C=S) groups is 1. The Labute approximate surface area is 214 Å². The van der Waals surface area contributed by atoms with E-state index in [1.54, 1.807) is 63.4 Å². The largest absolute Gasteiger partial charge is 0.493 e. The van der Waals surface area contributed by atoms with Crippen LogP contribution in [0.1, 0.15) is 31.0 Å². The number of nitrogens with zero attached hydrogens (tertiary/aromatic N) is 1. The van der Waals surface area contributed by atoms with E-state index < -0.39 is 17.9 Å². The van der Waals surface area contributed by atoms with Crippen LogP contribution >= 0.6 is 12.2 Å². The van der Waals surface area contributed by atoms with Crippen LogP contribution in [0.5, 0.6) is 17.2 Å². The first kappa shape index (κ1) is 26.5. The summed E-state index contributed by atoms with van der Waals surface area (Å²) in [5.41, 5.74) is 4.73. The first-order valence-electron chi connectivity index (χ1n) is 11.1. The fraction of sp³-hybridized carbons (Fsp3) is 0.280. The first-order valence-corrected chi connectivity index (χ1v) is 11.5. The van der Waals surface area contributed by atoms with Gasteiger partial charge in [-0.15, -0.1) is 0 Å². The monoisotopic (exact) mass is 512 g/mol. The Balaban J connectivity index is 1.69. The van der Waals surface area contributed by atoms with Crippen molar-refractivity contribution in [1.82, 2.24) is 16.1 Å². The van der Waals surface area contributed by atoms with Gasteiger partial charge < -0.3 is 29.6 Å². The molecule has 1 heterocycles. The van der Waals surface area contributed by atoms with E-state index in [1.165, 1.54) is 13.3 Å². The molecule has 0 radical (unpaired) electrons. The lowest BCUT2D eigenvalue weighted by atomic mass is 9.95. The van der Waals surface area contributed by atoms with Gasteiger partial charge in [0, 0.05) is 11.3 Å². The second kappa shape index (κ2) is 12.5. The van der Waals surface area contributed by atoms with E-state index in [1.807, 2.05) is 0 Å². The molecule has 36 heavy (non-hydrogen) atoms. The molecule has 2 aromatic carbocycles. The zero-order valence-electron chi connectivity index (χ0n) is 20.4. The average molecular weight is 513 g/mol. The maximum atomic E-state index is 12.6. The molecule has 3 N–H and O–H groups in total. The minimum absolute atomic E-state index is 0.231. The minimum atomic E-state index is -0.611. The quantitative estimate of drug-likeness (QED) is 0.191. The van der Waals surface area contributed by atoms with E-state index in [4.69, 9.17) is 31.2 Å². The van der Waals surface area contributed by atoms with Crippen molar-refractivity contribution >= 4 is 35.4 Å². The predicted octanol–water partition coefficient (Wildman–Crippen LogP) is 2.59. The molecule has 0 spiro atoms. The molecule has 0 aromatic heterocycles. The van der Waals surface area contributed by atoms with Crippen LogP contribution in [-0.4, -0.2) is 50.6 Å². The molecule has 0 bridgehead atoms. The van der Waals surface area contributed by atoms with Gasteiger partial charge in [0.05, 0.1) is 38.7 Å². The van der Waals surface area contributed by atoms with Crippen molar-refractivity contribution in [2.24, 2.45) is 5.10 Å². The summed E-state index contributed by atoms with van der Waals surface area (Å²) in [7, 11) is 3.09.